The predicted molar refractivity (Wildman–Crippen MR) is 96.7 cm³/mol. The second-order valence-corrected chi connectivity index (χ2v) is 7.02. The van der Waals surface area contributed by atoms with Crippen LogP contribution in [0.15, 0.2) is 36.4 Å². The van der Waals surface area contributed by atoms with E-state index in [1.807, 2.05) is 29.2 Å². The first kappa shape index (κ1) is 16.7. The molecule has 1 saturated heterocycles. The minimum absolute atomic E-state index is 0.0167. The van der Waals surface area contributed by atoms with Gasteiger partial charge in [-0.25, -0.2) is 0 Å². The number of hydrogen-bond acceptors (Lipinski definition) is 3. The number of halogens is 2. The number of carbonyl (C=O) groups is 1. The van der Waals surface area contributed by atoms with Gasteiger partial charge >= 0.3 is 0 Å². The van der Waals surface area contributed by atoms with E-state index in [1.54, 1.807) is 12.1 Å². The molecule has 1 atom stereocenters. The van der Waals surface area contributed by atoms with Crippen LogP contribution in [0, 0.1) is 0 Å². The molecule has 0 saturated carbocycles. The smallest absolute Gasteiger partial charge is 0.254 e. The van der Waals surface area contributed by atoms with E-state index in [0.717, 1.165) is 23.3 Å². The number of benzene rings is 2. The van der Waals surface area contributed by atoms with Gasteiger partial charge in [-0.1, -0.05) is 29.3 Å². The maximum atomic E-state index is 12.9. The van der Waals surface area contributed by atoms with Gasteiger partial charge in [-0.15, -0.1) is 0 Å². The van der Waals surface area contributed by atoms with Crippen molar-refractivity contribution in [3.05, 3.63) is 63.1 Å². The van der Waals surface area contributed by atoms with Gasteiger partial charge in [-0.3, -0.25) is 4.79 Å². The number of amides is 1. The van der Waals surface area contributed by atoms with Gasteiger partial charge in [-0.05, 0) is 41.5 Å². The molecule has 2 aliphatic heterocycles. The van der Waals surface area contributed by atoms with Crippen LogP contribution in [0.4, 0.5) is 0 Å². The largest absolute Gasteiger partial charge is 0.493 e. The van der Waals surface area contributed by atoms with E-state index in [1.165, 1.54) is 0 Å². The monoisotopic (exact) mass is 377 g/mol. The van der Waals surface area contributed by atoms with Crippen LogP contribution in [0.5, 0.6) is 5.75 Å². The second kappa shape index (κ2) is 6.87. The number of ether oxygens (including phenoxy) is 2. The molecule has 0 radical (unpaired) electrons. The quantitative estimate of drug-likeness (QED) is 0.789. The Morgan fingerprint density at radius 1 is 1.08 bits per heavy atom. The Hall–Kier alpha value is -1.75. The molecule has 0 spiro atoms. The number of hydrogen-bond donors (Lipinski definition) is 0. The van der Waals surface area contributed by atoms with Crippen molar-refractivity contribution >= 4 is 29.1 Å². The molecule has 4 rings (SSSR count). The second-order valence-electron chi connectivity index (χ2n) is 6.21. The molecule has 2 aliphatic rings. The lowest BCUT2D eigenvalue weighted by atomic mass is 10.1. The molecule has 1 amide bonds. The van der Waals surface area contributed by atoms with Crippen molar-refractivity contribution in [3.63, 3.8) is 0 Å². The van der Waals surface area contributed by atoms with Crippen molar-refractivity contribution in [2.45, 2.75) is 12.5 Å². The topological polar surface area (TPSA) is 38.8 Å². The number of fused-ring (bicyclic) bond motifs is 1. The summed E-state index contributed by atoms with van der Waals surface area (Å²) >= 11 is 12.1. The third-order valence-electron chi connectivity index (χ3n) is 4.61. The van der Waals surface area contributed by atoms with Crippen molar-refractivity contribution in [1.29, 1.82) is 0 Å². The van der Waals surface area contributed by atoms with E-state index in [9.17, 15) is 4.79 Å². The molecule has 25 heavy (non-hydrogen) atoms. The van der Waals surface area contributed by atoms with Gasteiger partial charge in [0, 0.05) is 18.5 Å². The summed E-state index contributed by atoms with van der Waals surface area (Å²) in [7, 11) is 0. The molecule has 4 nitrogen and oxygen atoms in total. The number of morpholine rings is 1. The predicted octanol–water partition coefficient (Wildman–Crippen LogP) is 4.14. The first-order chi connectivity index (χ1) is 12.1. The summed E-state index contributed by atoms with van der Waals surface area (Å²) in [4.78, 5) is 14.7. The average Bonchev–Trinajstić information content (AvgIpc) is 3.11. The Labute approximate surface area is 156 Å². The van der Waals surface area contributed by atoms with Crippen LogP contribution >= 0.6 is 23.2 Å². The van der Waals surface area contributed by atoms with E-state index < -0.39 is 0 Å². The molecule has 0 unspecified atom stereocenters. The summed E-state index contributed by atoms with van der Waals surface area (Å²) < 4.78 is 11.3. The SMILES string of the molecule is O=C(c1ccc2c(c1)CCO2)N1CCO[C@H](c2ccc(Cl)c(Cl)c2)C1. The lowest BCUT2D eigenvalue weighted by Crippen LogP contribution is -2.42. The molecule has 2 heterocycles. The van der Waals surface area contributed by atoms with E-state index >= 15 is 0 Å². The number of nitrogens with zero attached hydrogens (tertiary/aromatic N) is 1. The van der Waals surface area contributed by atoms with Crippen molar-refractivity contribution in [2.24, 2.45) is 0 Å². The summed E-state index contributed by atoms with van der Waals surface area (Å²) in [5.74, 6) is 0.898. The van der Waals surface area contributed by atoms with Gasteiger partial charge in [0.15, 0.2) is 0 Å². The van der Waals surface area contributed by atoms with Crippen LogP contribution in [0.2, 0.25) is 10.0 Å². The molecule has 6 heteroatoms. The Morgan fingerprint density at radius 2 is 1.96 bits per heavy atom. The molecular weight excluding hydrogens is 361 g/mol. The first-order valence-corrected chi connectivity index (χ1v) is 8.99. The minimum atomic E-state index is -0.203. The van der Waals surface area contributed by atoms with E-state index in [2.05, 4.69) is 0 Å². The van der Waals surface area contributed by atoms with Gasteiger partial charge in [0.05, 0.1) is 29.8 Å². The summed E-state index contributed by atoms with van der Waals surface area (Å²) in [5.41, 5.74) is 2.72. The summed E-state index contributed by atoms with van der Waals surface area (Å²) in [6, 6.07) is 11.1. The summed E-state index contributed by atoms with van der Waals surface area (Å²) in [5, 5.41) is 0.999. The Balaban J connectivity index is 1.52. The Morgan fingerprint density at radius 3 is 2.80 bits per heavy atom. The fraction of sp³-hybridized carbons (Fsp3) is 0.316. The lowest BCUT2D eigenvalue weighted by molar-refractivity contribution is -0.0228. The van der Waals surface area contributed by atoms with Crippen LogP contribution in [-0.2, 0) is 11.2 Å². The molecule has 0 bridgehead atoms. The van der Waals surface area contributed by atoms with Gasteiger partial charge in [0.1, 0.15) is 11.9 Å². The number of carbonyl (C=O) groups excluding carboxylic acids is 1. The molecule has 130 valence electrons. The van der Waals surface area contributed by atoms with Crippen LogP contribution in [-0.4, -0.2) is 37.1 Å². The van der Waals surface area contributed by atoms with Gasteiger partial charge in [0.25, 0.3) is 5.91 Å². The first-order valence-electron chi connectivity index (χ1n) is 8.23. The van der Waals surface area contributed by atoms with Crippen molar-refractivity contribution in [3.8, 4) is 5.75 Å². The Bertz CT molecular complexity index is 824. The van der Waals surface area contributed by atoms with Crippen LogP contribution in [0.1, 0.15) is 27.6 Å². The van der Waals surface area contributed by atoms with E-state index in [-0.39, 0.29) is 12.0 Å². The van der Waals surface area contributed by atoms with E-state index in [0.29, 0.717) is 41.9 Å². The average molecular weight is 378 g/mol. The third kappa shape index (κ3) is 3.34. The standard InChI is InChI=1S/C19H17Cl2NO3/c20-15-3-1-12(10-16(15)21)18-11-22(6-8-25-18)19(23)14-2-4-17-13(9-14)5-7-24-17/h1-4,9-10,18H,5-8,11H2/t18-/m0/s1. The normalized spacial score (nSPS) is 19.4. The van der Waals surface area contributed by atoms with Crippen molar-refractivity contribution < 1.29 is 14.3 Å². The maximum Gasteiger partial charge on any atom is 0.254 e. The Kier molecular flexibility index (Phi) is 4.59. The van der Waals surface area contributed by atoms with Crippen molar-refractivity contribution in [2.75, 3.05) is 26.3 Å². The van der Waals surface area contributed by atoms with Gasteiger partial charge in [-0.2, -0.15) is 0 Å². The molecule has 0 N–H and O–H groups in total. The molecule has 0 aliphatic carbocycles. The fourth-order valence-corrected chi connectivity index (χ4v) is 3.56. The highest BCUT2D eigenvalue weighted by Gasteiger charge is 2.27. The van der Waals surface area contributed by atoms with Crippen LogP contribution < -0.4 is 4.74 Å². The highest BCUT2D eigenvalue weighted by Crippen LogP contribution is 2.30. The summed E-state index contributed by atoms with van der Waals surface area (Å²) in [6.07, 6.45) is 0.649. The zero-order valence-corrected chi connectivity index (χ0v) is 15.0. The zero-order valence-electron chi connectivity index (χ0n) is 13.5. The molecule has 2 aromatic rings. The summed E-state index contributed by atoms with van der Waals surface area (Å²) in [6.45, 7) is 2.24. The van der Waals surface area contributed by atoms with Gasteiger partial charge < -0.3 is 14.4 Å². The molecule has 1 fully saturated rings. The molecule has 0 aromatic heterocycles. The highest BCUT2D eigenvalue weighted by atomic mass is 35.5. The number of rotatable bonds is 2. The molecular formula is C19H17Cl2NO3. The van der Waals surface area contributed by atoms with Crippen LogP contribution in [0.3, 0.4) is 0 Å². The fourth-order valence-electron chi connectivity index (χ4n) is 3.25. The minimum Gasteiger partial charge on any atom is -0.493 e. The van der Waals surface area contributed by atoms with Gasteiger partial charge in [0.2, 0.25) is 0 Å². The van der Waals surface area contributed by atoms with Crippen molar-refractivity contribution in [1.82, 2.24) is 4.90 Å². The maximum absolute atomic E-state index is 12.9. The highest BCUT2D eigenvalue weighted by molar-refractivity contribution is 6.42. The van der Waals surface area contributed by atoms with E-state index in [4.69, 9.17) is 32.7 Å². The zero-order chi connectivity index (χ0) is 17.4. The lowest BCUT2D eigenvalue weighted by Gasteiger charge is -2.33. The van der Waals surface area contributed by atoms with Crippen LogP contribution in [0.25, 0.3) is 0 Å². The third-order valence-corrected chi connectivity index (χ3v) is 5.34. The molecule has 2 aromatic carbocycles.